The zero-order valence-electron chi connectivity index (χ0n) is 10.8. The average Bonchev–Trinajstić information content (AvgIpc) is 2.29. The molecule has 0 aromatic rings. The molecule has 1 aliphatic rings. The van der Waals surface area contributed by atoms with E-state index in [2.05, 4.69) is 18.5 Å². The van der Waals surface area contributed by atoms with Crippen molar-refractivity contribution in [2.75, 3.05) is 6.26 Å². The van der Waals surface area contributed by atoms with Crippen LogP contribution in [0.25, 0.3) is 0 Å². The molecule has 1 amide bonds. The first-order valence-corrected chi connectivity index (χ1v) is 7.55. The van der Waals surface area contributed by atoms with Crippen molar-refractivity contribution in [1.82, 2.24) is 5.32 Å². The molecule has 1 aliphatic carbocycles. The molecule has 0 saturated heterocycles. The van der Waals surface area contributed by atoms with E-state index in [0.717, 1.165) is 25.7 Å². The minimum Gasteiger partial charge on any atom is -0.352 e. The van der Waals surface area contributed by atoms with E-state index in [9.17, 15) is 4.79 Å². The van der Waals surface area contributed by atoms with Crippen molar-refractivity contribution in [3.05, 3.63) is 0 Å². The zero-order valence-corrected chi connectivity index (χ0v) is 12.4. The van der Waals surface area contributed by atoms with Crippen LogP contribution in [0.15, 0.2) is 0 Å². The molecule has 3 N–H and O–H groups in total. The van der Waals surface area contributed by atoms with Crippen LogP contribution in [0, 0.1) is 0 Å². The molecule has 0 radical (unpaired) electrons. The van der Waals surface area contributed by atoms with Crippen LogP contribution in [0.1, 0.15) is 45.4 Å². The standard InChI is InChI=1S/C12H24N2OS.ClH/c1-3-5-11(13)12(15)14-9-6-4-7-10(8-9)16-2;/h9-11H,3-8,13H2,1-2H3,(H,14,15);1H. The highest BCUT2D eigenvalue weighted by Crippen LogP contribution is 2.26. The predicted molar refractivity (Wildman–Crippen MR) is 77.8 cm³/mol. The Morgan fingerprint density at radius 1 is 1.53 bits per heavy atom. The van der Waals surface area contributed by atoms with Crippen LogP contribution in [-0.4, -0.2) is 29.5 Å². The molecule has 0 bridgehead atoms. The Hall–Kier alpha value is 0.0700. The van der Waals surface area contributed by atoms with E-state index in [1.807, 2.05) is 11.8 Å². The van der Waals surface area contributed by atoms with Crippen molar-refractivity contribution >= 4 is 30.1 Å². The van der Waals surface area contributed by atoms with Crippen LogP contribution in [-0.2, 0) is 4.79 Å². The first-order valence-electron chi connectivity index (χ1n) is 6.26. The molecule has 3 nitrogen and oxygen atoms in total. The zero-order chi connectivity index (χ0) is 12.0. The third-order valence-corrected chi connectivity index (χ3v) is 4.34. The van der Waals surface area contributed by atoms with Gasteiger partial charge in [0.25, 0.3) is 0 Å². The summed E-state index contributed by atoms with van der Waals surface area (Å²) < 4.78 is 0. The molecule has 0 heterocycles. The van der Waals surface area contributed by atoms with Crippen molar-refractivity contribution < 1.29 is 4.79 Å². The Morgan fingerprint density at radius 3 is 2.82 bits per heavy atom. The molecule has 0 aromatic heterocycles. The summed E-state index contributed by atoms with van der Waals surface area (Å²) >= 11 is 1.91. The number of nitrogens with one attached hydrogen (secondary N) is 1. The van der Waals surface area contributed by atoms with E-state index in [4.69, 9.17) is 5.73 Å². The van der Waals surface area contributed by atoms with Gasteiger partial charge >= 0.3 is 0 Å². The van der Waals surface area contributed by atoms with Crippen LogP contribution >= 0.6 is 24.2 Å². The van der Waals surface area contributed by atoms with E-state index in [-0.39, 0.29) is 24.4 Å². The van der Waals surface area contributed by atoms with Gasteiger partial charge in [-0.3, -0.25) is 4.79 Å². The lowest BCUT2D eigenvalue weighted by Crippen LogP contribution is -2.47. The van der Waals surface area contributed by atoms with Crippen LogP contribution in [0.5, 0.6) is 0 Å². The Morgan fingerprint density at radius 2 is 2.24 bits per heavy atom. The number of hydrogen-bond donors (Lipinski definition) is 2. The maximum absolute atomic E-state index is 11.8. The van der Waals surface area contributed by atoms with E-state index in [0.29, 0.717) is 11.3 Å². The second-order valence-corrected chi connectivity index (χ2v) is 5.76. The summed E-state index contributed by atoms with van der Waals surface area (Å²) in [5.74, 6) is 0.0357. The molecule has 3 unspecified atom stereocenters. The van der Waals surface area contributed by atoms with Crippen LogP contribution in [0.4, 0.5) is 0 Å². The fourth-order valence-electron chi connectivity index (χ4n) is 2.24. The molecule has 0 aromatic carbocycles. The molecule has 0 aliphatic heterocycles. The minimum atomic E-state index is -0.320. The second-order valence-electron chi connectivity index (χ2n) is 4.62. The molecular weight excluding hydrogens is 256 g/mol. The molecule has 102 valence electrons. The topological polar surface area (TPSA) is 55.1 Å². The van der Waals surface area contributed by atoms with Gasteiger partial charge in [0.2, 0.25) is 5.91 Å². The third kappa shape index (κ3) is 5.98. The first kappa shape index (κ1) is 17.1. The van der Waals surface area contributed by atoms with Crippen molar-refractivity contribution in [3.63, 3.8) is 0 Å². The Bertz CT molecular complexity index is 229. The summed E-state index contributed by atoms with van der Waals surface area (Å²) in [5.41, 5.74) is 5.79. The number of halogens is 1. The summed E-state index contributed by atoms with van der Waals surface area (Å²) in [5, 5.41) is 3.80. The highest BCUT2D eigenvalue weighted by molar-refractivity contribution is 7.99. The number of hydrogen-bond acceptors (Lipinski definition) is 3. The van der Waals surface area contributed by atoms with Crippen molar-refractivity contribution in [1.29, 1.82) is 0 Å². The van der Waals surface area contributed by atoms with Gasteiger partial charge in [-0.1, -0.05) is 19.8 Å². The van der Waals surface area contributed by atoms with E-state index >= 15 is 0 Å². The first-order chi connectivity index (χ1) is 7.67. The second kappa shape index (κ2) is 9.06. The van der Waals surface area contributed by atoms with E-state index in [1.54, 1.807) is 0 Å². The predicted octanol–water partition coefficient (Wildman–Crippen LogP) is 2.33. The van der Waals surface area contributed by atoms with Gasteiger partial charge in [-0.2, -0.15) is 11.8 Å². The number of carbonyl (C=O) groups excluding carboxylic acids is 1. The fraction of sp³-hybridized carbons (Fsp3) is 0.917. The van der Waals surface area contributed by atoms with Gasteiger partial charge in [0, 0.05) is 11.3 Å². The quantitative estimate of drug-likeness (QED) is 0.813. The average molecular weight is 281 g/mol. The Balaban J connectivity index is 0.00000256. The summed E-state index contributed by atoms with van der Waals surface area (Å²) in [6.45, 7) is 2.05. The van der Waals surface area contributed by atoms with Gasteiger partial charge in [0.1, 0.15) is 0 Å². The summed E-state index contributed by atoms with van der Waals surface area (Å²) in [6, 6.07) is 0.0289. The van der Waals surface area contributed by atoms with Crippen molar-refractivity contribution in [2.24, 2.45) is 5.73 Å². The van der Waals surface area contributed by atoms with Crippen LogP contribution in [0.2, 0.25) is 0 Å². The molecule has 1 saturated carbocycles. The monoisotopic (exact) mass is 280 g/mol. The van der Waals surface area contributed by atoms with E-state index < -0.39 is 0 Å². The van der Waals surface area contributed by atoms with Crippen LogP contribution in [0.3, 0.4) is 0 Å². The third-order valence-electron chi connectivity index (χ3n) is 3.24. The lowest BCUT2D eigenvalue weighted by molar-refractivity contribution is -0.123. The van der Waals surface area contributed by atoms with Gasteiger partial charge in [-0.15, -0.1) is 12.4 Å². The molecule has 5 heteroatoms. The van der Waals surface area contributed by atoms with Gasteiger partial charge in [-0.05, 0) is 31.9 Å². The SMILES string of the molecule is CCCC(N)C(=O)NC1CCCC(SC)C1.Cl. The van der Waals surface area contributed by atoms with E-state index in [1.165, 1.54) is 12.8 Å². The maximum Gasteiger partial charge on any atom is 0.237 e. The number of amides is 1. The highest BCUT2D eigenvalue weighted by Gasteiger charge is 2.24. The van der Waals surface area contributed by atoms with Gasteiger partial charge < -0.3 is 11.1 Å². The molecular formula is C12H25ClN2OS. The summed E-state index contributed by atoms with van der Waals surface area (Å²) in [6.07, 6.45) is 8.62. The molecule has 1 rings (SSSR count). The number of thioether (sulfide) groups is 1. The smallest absolute Gasteiger partial charge is 0.237 e. The van der Waals surface area contributed by atoms with Gasteiger partial charge in [0.05, 0.1) is 6.04 Å². The molecule has 3 atom stereocenters. The lowest BCUT2D eigenvalue weighted by Gasteiger charge is -2.29. The van der Waals surface area contributed by atoms with Crippen LogP contribution < -0.4 is 11.1 Å². The van der Waals surface area contributed by atoms with Gasteiger partial charge in [-0.25, -0.2) is 0 Å². The Labute approximate surface area is 115 Å². The number of nitrogens with two attached hydrogens (primary N) is 1. The normalized spacial score (nSPS) is 25.8. The molecule has 1 fully saturated rings. The number of carbonyl (C=O) groups is 1. The Kier molecular flexibility index (Phi) is 9.10. The molecule has 0 spiro atoms. The largest absolute Gasteiger partial charge is 0.352 e. The summed E-state index contributed by atoms with van der Waals surface area (Å²) in [4.78, 5) is 11.8. The minimum absolute atomic E-state index is 0. The molecule has 17 heavy (non-hydrogen) atoms. The van der Waals surface area contributed by atoms with Gasteiger partial charge in [0.15, 0.2) is 0 Å². The van der Waals surface area contributed by atoms with Crippen molar-refractivity contribution in [2.45, 2.75) is 62.8 Å². The fourth-order valence-corrected chi connectivity index (χ4v) is 3.07. The van der Waals surface area contributed by atoms with Crippen molar-refractivity contribution in [3.8, 4) is 0 Å². The number of rotatable bonds is 5. The summed E-state index contributed by atoms with van der Waals surface area (Å²) in [7, 11) is 0. The lowest BCUT2D eigenvalue weighted by atomic mass is 9.94. The maximum atomic E-state index is 11.8. The highest BCUT2D eigenvalue weighted by atomic mass is 35.5.